The summed E-state index contributed by atoms with van der Waals surface area (Å²) in [5.74, 6) is -2.16. The number of carbonyl (C=O) groups excluding carboxylic acids is 1. The highest BCUT2D eigenvalue weighted by Gasteiger charge is 2.11. The van der Waals surface area contributed by atoms with Crippen LogP contribution in [0.3, 0.4) is 0 Å². The number of hydrogen-bond acceptors (Lipinski definition) is 4. The van der Waals surface area contributed by atoms with E-state index in [0.29, 0.717) is 11.8 Å². The molecule has 0 radical (unpaired) electrons. The number of nitrogens with one attached hydrogen (secondary N) is 2. The van der Waals surface area contributed by atoms with Gasteiger partial charge in [0.25, 0.3) is 5.91 Å². The van der Waals surface area contributed by atoms with Gasteiger partial charge in [-0.3, -0.25) is 9.78 Å². The summed E-state index contributed by atoms with van der Waals surface area (Å²) in [5, 5.41) is 6.59. The van der Waals surface area contributed by atoms with E-state index in [1.165, 1.54) is 12.3 Å². The van der Waals surface area contributed by atoms with Gasteiger partial charge >= 0.3 is 0 Å². The van der Waals surface area contributed by atoms with Crippen molar-refractivity contribution in [2.24, 2.45) is 0 Å². The number of hydrogen-bond donors (Lipinski definition) is 2. The number of para-hydroxylation sites is 1. The van der Waals surface area contributed by atoms with Crippen LogP contribution < -0.4 is 10.6 Å². The van der Waals surface area contributed by atoms with Gasteiger partial charge in [-0.1, -0.05) is 18.2 Å². The zero-order valence-corrected chi connectivity index (χ0v) is 14.5. The summed E-state index contributed by atoms with van der Waals surface area (Å²) in [7, 11) is 0. The van der Waals surface area contributed by atoms with Gasteiger partial charge in [0, 0.05) is 17.6 Å². The van der Waals surface area contributed by atoms with Gasteiger partial charge in [0.1, 0.15) is 17.3 Å². The molecule has 0 fully saturated rings. The maximum atomic E-state index is 13.7. The number of halogens is 2. The third-order valence-corrected chi connectivity index (χ3v) is 4.09. The molecule has 138 valence electrons. The molecule has 2 aromatic heterocycles. The van der Waals surface area contributed by atoms with Crippen molar-refractivity contribution in [3.8, 4) is 0 Å². The normalized spacial score (nSPS) is 10.6. The fourth-order valence-electron chi connectivity index (χ4n) is 2.74. The van der Waals surface area contributed by atoms with E-state index >= 15 is 0 Å². The van der Waals surface area contributed by atoms with E-state index in [9.17, 15) is 13.6 Å². The lowest BCUT2D eigenvalue weighted by Gasteiger charge is -2.10. The Hall–Kier alpha value is -3.87. The summed E-state index contributed by atoms with van der Waals surface area (Å²) < 4.78 is 26.6. The van der Waals surface area contributed by atoms with Crippen LogP contribution in [0.15, 0.2) is 73.1 Å². The molecule has 5 nitrogen and oxygen atoms in total. The molecule has 0 bridgehead atoms. The average Bonchev–Trinajstić information content (AvgIpc) is 2.71. The number of aromatic nitrogens is 2. The molecule has 0 spiro atoms. The second-order valence-electron chi connectivity index (χ2n) is 6.02. The first-order valence-corrected chi connectivity index (χ1v) is 8.43. The molecule has 28 heavy (non-hydrogen) atoms. The number of fused-ring (bicyclic) bond motifs is 1. The quantitative estimate of drug-likeness (QED) is 0.531. The number of pyridine rings is 2. The molecule has 0 unspecified atom stereocenters. The molecule has 0 saturated carbocycles. The van der Waals surface area contributed by atoms with Crippen LogP contribution in [0.5, 0.6) is 0 Å². The topological polar surface area (TPSA) is 66.9 Å². The van der Waals surface area contributed by atoms with E-state index in [1.807, 2.05) is 30.3 Å². The summed E-state index contributed by atoms with van der Waals surface area (Å²) in [6, 6.07) is 15.7. The predicted octanol–water partition coefficient (Wildman–Crippen LogP) is 4.90. The Morgan fingerprint density at radius 2 is 1.75 bits per heavy atom. The fraction of sp³-hybridized carbons (Fsp3) is 0. The van der Waals surface area contributed by atoms with Crippen molar-refractivity contribution in [2.75, 3.05) is 10.6 Å². The summed E-state index contributed by atoms with van der Waals surface area (Å²) >= 11 is 0. The monoisotopic (exact) mass is 376 g/mol. The second-order valence-corrected chi connectivity index (χ2v) is 6.02. The average molecular weight is 376 g/mol. The third kappa shape index (κ3) is 3.64. The Bertz CT molecular complexity index is 1160. The molecule has 0 atom stereocenters. The maximum absolute atomic E-state index is 13.7. The van der Waals surface area contributed by atoms with Crippen LogP contribution in [0.25, 0.3) is 10.9 Å². The Labute approximate surface area is 159 Å². The number of anilines is 3. The van der Waals surface area contributed by atoms with Gasteiger partial charge in [-0.15, -0.1) is 0 Å². The predicted molar refractivity (Wildman–Crippen MR) is 104 cm³/mol. The van der Waals surface area contributed by atoms with E-state index in [2.05, 4.69) is 20.6 Å². The molecule has 0 aliphatic rings. The Morgan fingerprint density at radius 3 is 2.54 bits per heavy atom. The number of amides is 1. The molecule has 1 amide bonds. The van der Waals surface area contributed by atoms with Gasteiger partial charge in [0.2, 0.25) is 0 Å². The highest BCUT2D eigenvalue weighted by Crippen LogP contribution is 2.24. The van der Waals surface area contributed by atoms with E-state index in [0.717, 1.165) is 28.7 Å². The summed E-state index contributed by atoms with van der Waals surface area (Å²) in [5.41, 5.74) is 2.29. The lowest BCUT2D eigenvalue weighted by molar-refractivity contribution is 0.102. The van der Waals surface area contributed by atoms with Crippen LogP contribution in [-0.2, 0) is 0 Å². The van der Waals surface area contributed by atoms with Crippen LogP contribution >= 0.6 is 0 Å². The van der Waals surface area contributed by atoms with Gasteiger partial charge in [-0.25, -0.2) is 13.8 Å². The van der Waals surface area contributed by atoms with E-state index < -0.39 is 17.5 Å². The number of nitrogens with zero attached hydrogens (tertiary/aromatic N) is 2. The molecule has 2 N–H and O–H groups in total. The molecule has 2 heterocycles. The number of carbonyl (C=O) groups is 1. The van der Waals surface area contributed by atoms with Crippen LogP contribution in [0, 0.1) is 11.6 Å². The minimum absolute atomic E-state index is 0.102. The van der Waals surface area contributed by atoms with Gasteiger partial charge in [-0.2, -0.15) is 0 Å². The Morgan fingerprint density at radius 1 is 0.893 bits per heavy atom. The number of benzene rings is 2. The van der Waals surface area contributed by atoms with Crippen molar-refractivity contribution >= 4 is 33.9 Å². The molecule has 0 saturated heterocycles. The molecular weight excluding hydrogens is 362 g/mol. The van der Waals surface area contributed by atoms with Crippen molar-refractivity contribution < 1.29 is 13.6 Å². The van der Waals surface area contributed by atoms with Gasteiger partial charge < -0.3 is 10.6 Å². The van der Waals surface area contributed by atoms with E-state index in [4.69, 9.17) is 0 Å². The molecule has 4 aromatic rings. The lowest BCUT2D eigenvalue weighted by atomic mass is 10.2. The van der Waals surface area contributed by atoms with Crippen molar-refractivity contribution in [1.29, 1.82) is 0 Å². The van der Waals surface area contributed by atoms with Crippen molar-refractivity contribution in [3.05, 3.63) is 90.4 Å². The lowest BCUT2D eigenvalue weighted by Crippen LogP contribution is -2.14. The van der Waals surface area contributed by atoms with Crippen LogP contribution in [-0.4, -0.2) is 15.9 Å². The molecule has 0 aliphatic carbocycles. The van der Waals surface area contributed by atoms with Crippen molar-refractivity contribution in [2.45, 2.75) is 0 Å². The molecule has 0 aliphatic heterocycles. The summed E-state index contributed by atoms with van der Waals surface area (Å²) in [4.78, 5) is 20.7. The summed E-state index contributed by atoms with van der Waals surface area (Å²) in [6.07, 6.45) is 3.21. The largest absolute Gasteiger partial charge is 0.352 e. The van der Waals surface area contributed by atoms with Gasteiger partial charge in [0.05, 0.1) is 28.8 Å². The molecule has 4 rings (SSSR count). The molecule has 7 heteroatoms. The molecular formula is C21H14F2N4O. The summed E-state index contributed by atoms with van der Waals surface area (Å²) in [6.45, 7) is 0. The van der Waals surface area contributed by atoms with Crippen LogP contribution in [0.1, 0.15) is 10.5 Å². The SMILES string of the molecule is O=C(Nc1ccc(F)cc1F)c1ccc(Nc2cccc3cccnc23)cn1. The first-order valence-electron chi connectivity index (χ1n) is 8.43. The minimum Gasteiger partial charge on any atom is -0.352 e. The number of rotatable bonds is 4. The second kappa shape index (κ2) is 7.40. The Kier molecular flexibility index (Phi) is 4.63. The zero-order valence-electron chi connectivity index (χ0n) is 14.5. The van der Waals surface area contributed by atoms with Crippen molar-refractivity contribution in [3.63, 3.8) is 0 Å². The highest BCUT2D eigenvalue weighted by atomic mass is 19.1. The first-order chi connectivity index (χ1) is 13.6. The smallest absolute Gasteiger partial charge is 0.274 e. The van der Waals surface area contributed by atoms with Gasteiger partial charge in [0.15, 0.2) is 0 Å². The van der Waals surface area contributed by atoms with Crippen LogP contribution in [0.4, 0.5) is 25.8 Å². The minimum atomic E-state index is -0.852. The Balaban J connectivity index is 1.51. The van der Waals surface area contributed by atoms with E-state index in [1.54, 1.807) is 12.3 Å². The highest BCUT2D eigenvalue weighted by molar-refractivity contribution is 6.03. The third-order valence-electron chi connectivity index (χ3n) is 4.09. The first kappa shape index (κ1) is 17.5. The van der Waals surface area contributed by atoms with Crippen molar-refractivity contribution in [1.82, 2.24) is 9.97 Å². The molecule has 2 aromatic carbocycles. The van der Waals surface area contributed by atoms with Gasteiger partial charge in [-0.05, 0) is 36.4 Å². The van der Waals surface area contributed by atoms with E-state index in [-0.39, 0.29) is 11.4 Å². The zero-order chi connectivity index (χ0) is 19.5. The van der Waals surface area contributed by atoms with Crippen LogP contribution in [0.2, 0.25) is 0 Å². The fourth-order valence-corrected chi connectivity index (χ4v) is 2.74. The standard InChI is InChI=1S/C21H14F2N4O/c22-14-6-8-17(16(23)11-14)27-21(28)19-9-7-15(12-25-19)26-18-5-1-3-13-4-2-10-24-20(13)18/h1-12,26H,(H,27,28). The maximum Gasteiger partial charge on any atom is 0.274 e.